The van der Waals surface area contributed by atoms with Gasteiger partial charge >= 0.3 is 0 Å². The van der Waals surface area contributed by atoms with Crippen LogP contribution in [0.15, 0.2) is 35.4 Å². The molecular formula is C18H21N3O5S. The van der Waals surface area contributed by atoms with E-state index in [1.807, 2.05) is 6.08 Å². The van der Waals surface area contributed by atoms with Crippen molar-refractivity contribution in [1.82, 2.24) is 9.62 Å². The zero-order valence-electron chi connectivity index (χ0n) is 14.9. The molecule has 8 nitrogen and oxygen atoms in total. The van der Waals surface area contributed by atoms with Crippen LogP contribution in [0.4, 0.5) is 5.69 Å². The molecule has 1 fully saturated rings. The largest absolute Gasteiger partial charge is 0.479 e. The molecule has 4 rings (SSSR count). The van der Waals surface area contributed by atoms with Crippen LogP contribution >= 0.6 is 0 Å². The topological polar surface area (TPSA) is 105 Å². The Bertz CT molecular complexity index is 942. The molecule has 144 valence electrons. The maximum Gasteiger partial charge on any atom is 0.265 e. The number of ether oxygens (including phenoxy) is 1. The number of hydrogen-bond donors (Lipinski definition) is 2. The zero-order chi connectivity index (χ0) is 19.2. The van der Waals surface area contributed by atoms with Crippen LogP contribution in [-0.4, -0.2) is 43.7 Å². The van der Waals surface area contributed by atoms with Gasteiger partial charge in [-0.3, -0.25) is 9.59 Å². The molecule has 0 bridgehead atoms. The van der Waals surface area contributed by atoms with Gasteiger partial charge in [-0.05, 0) is 50.6 Å². The number of allylic oxidation sites excluding steroid dienone is 1. The predicted molar refractivity (Wildman–Crippen MR) is 97.5 cm³/mol. The van der Waals surface area contributed by atoms with Crippen molar-refractivity contribution in [3.8, 4) is 5.75 Å². The normalized spacial score (nSPS) is 28.3. The molecule has 1 saturated heterocycles. The van der Waals surface area contributed by atoms with Gasteiger partial charge < -0.3 is 15.4 Å². The van der Waals surface area contributed by atoms with E-state index in [2.05, 4.69) is 10.6 Å². The fraction of sp³-hybridized carbons (Fsp3) is 0.444. The standard InChI is InChI=1S/C18H21N3O5S/c1-12-16(22)20-14-10-13(4-5-15(14)26-12)27(24,25)21-9-3-7-18(11-21)6-2-8-19-17(18)23/h2,4-5,8,10,12H,3,6-7,9,11H2,1H3,(H,19,23)(H,20,22)/t12-,18+/m0/s1. The molecule has 2 atom stereocenters. The summed E-state index contributed by atoms with van der Waals surface area (Å²) in [6.07, 6.45) is 4.64. The summed E-state index contributed by atoms with van der Waals surface area (Å²) in [5, 5.41) is 5.37. The smallest absolute Gasteiger partial charge is 0.265 e. The highest BCUT2D eigenvalue weighted by molar-refractivity contribution is 7.89. The van der Waals surface area contributed by atoms with Gasteiger partial charge in [0, 0.05) is 13.1 Å². The van der Waals surface area contributed by atoms with E-state index in [1.165, 1.54) is 16.4 Å². The van der Waals surface area contributed by atoms with E-state index in [4.69, 9.17) is 4.74 Å². The van der Waals surface area contributed by atoms with Crippen molar-refractivity contribution in [2.45, 2.75) is 37.2 Å². The number of carbonyl (C=O) groups excluding carboxylic acids is 2. The second-order valence-electron chi connectivity index (χ2n) is 7.21. The first-order valence-electron chi connectivity index (χ1n) is 8.90. The summed E-state index contributed by atoms with van der Waals surface area (Å²) in [5.41, 5.74) is -0.384. The van der Waals surface area contributed by atoms with Crippen LogP contribution in [0, 0.1) is 5.41 Å². The molecule has 3 aliphatic rings. The Labute approximate surface area is 157 Å². The zero-order valence-corrected chi connectivity index (χ0v) is 15.7. The van der Waals surface area contributed by atoms with Crippen LogP contribution in [0.3, 0.4) is 0 Å². The Morgan fingerprint density at radius 1 is 1.30 bits per heavy atom. The van der Waals surface area contributed by atoms with E-state index >= 15 is 0 Å². The first-order valence-corrected chi connectivity index (χ1v) is 10.3. The monoisotopic (exact) mass is 391 g/mol. The number of benzene rings is 1. The molecule has 3 heterocycles. The molecule has 3 aliphatic heterocycles. The number of nitrogens with zero attached hydrogens (tertiary/aromatic N) is 1. The van der Waals surface area contributed by atoms with Crippen LogP contribution in [0.1, 0.15) is 26.2 Å². The van der Waals surface area contributed by atoms with Crippen LogP contribution in [0.2, 0.25) is 0 Å². The van der Waals surface area contributed by atoms with Gasteiger partial charge in [-0.1, -0.05) is 6.08 Å². The van der Waals surface area contributed by atoms with Gasteiger partial charge in [0.15, 0.2) is 6.10 Å². The Kier molecular flexibility index (Phi) is 4.23. The number of anilines is 1. The highest BCUT2D eigenvalue weighted by Crippen LogP contribution is 2.39. The molecule has 0 unspecified atom stereocenters. The first-order chi connectivity index (χ1) is 12.8. The second-order valence-corrected chi connectivity index (χ2v) is 9.15. The number of rotatable bonds is 2. The van der Waals surface area contributed by atoms with Gasteiger partial charge in [0.25, 0.3) is 5.91 Å². The molecule has 1 aromatic carbocycles. The lowest BCUT2D eigenvalue weighted by Crippen LogP contribution is -2.53. The predicted octanol–water partition coefficient (Wildman–Crippen LogP) is 1.21. The molecule has 9 heteroatoms. The van der Waals surface area contributed by atoms with Gasteiger partial charge in [0.05, 0.1) is 16.0 Å². The van der Waals surface area contributed by atoms with Crippen LogP contribution in [-0.2, 0) is 19.6 Å². The summed E-state index contributed by atoms with van der Waals surface area (Å²) >= 11 is 0. The molecule has 2 amide bonds. The molecule has 0 aromatic heterocycles. The van der Waals surface area contributed by atoms with E-state index in [1.54, 1.807) is 19.2 Å². The van der Waals surface area contributed by atoms with Crippen LogP contribution < -0.4 is 15.4 Å². The minimum atomic E-state index is -3.80. The molecule has 27 heavy (non-hydrogen) atoms. The summed E-state index contributed by atoms with van der Waals surface area (Å²) in [5.74, 6) is -0.0161. The Hall–Kier alpha value is -2.39. The fourth-order valence-electron chi connectivity index (χ4n) is 3.81. The number of amides is 2. The second kappa shape index (κ2) is 6.35. The average Bonchev–Trinajstić information content (AvgIpc) is 2.65. The number of piperidine rings is 1. The van der Waals surface area contributed by atoms with Crippen LogP contribution in [0.25, 0.3) is 0 Å². The van der Waals surface area contributed by atoms with Gasteiger partial charge in [-0.15, -0.1) is 0 Å². The lowest BCUT2D eigenvalue weighted by Gasteiger charge is -2.41. The number of carbonyl (C=O) groups is 2. The minimum Gasteiger partial charge on any atom is -0.479 e. The molecule has 0 saturated carbocycles. The summed E-state index contributed by atoms with van der Waals surface area (Å²) in [7, 11) is -3.80. The molecular weight excluding hydrogens is 370 g/mol. The lowest BCUT2D eigenvalue weighted by atomic mass is 9.76. The van der Waals surface area contributed by atoms with Gasteiger partial charge in [-0.25, -0.2) is 8.42 Å². The summed E-state index contributed by atoms with van der Waals surface area (Å²) in [4.78, 5) is 24.3. The quantitative estimate of drug-likeness (QED) is 0.789. The Morgan fingerprint density at radius 2 is 2.11 bits per heavy atom. The van der Waals surface area contributed by atoms with Crippen LogP contribution in [0.5, 0.6) is 5.75 Å². The lowest BCUT2D eigenvalue weighted by molar-refractivity contribution is -0.132. The molecule has 0 aliphatic carbocycles. The van der Waals surface area contributed by atoms with Crippen molar-refractivity contribution in [2.75, 3.05) is 18.4 Å². The first kappa shape index (κ1) is 18.0. The van der Waals surface area contributed by atoms with Crippen molar-refractivity contribution in [3.63, 3.8) is 0 Å². The van der Waals surface area contributed by atoms with E-state index in [9.17, 15) is 18.0 Å². The van der Waals surface area contributed by atoms with Gasteiger partial charge in [0.2, 0.25) is 15.9 Å². The molecule has 1 spiro atoms. The van der Waals surface area contributed by atoms with E-state index in [-0.39, 0.29) is 23.3 Å². The third kappa shape index (κ3) is 3.00. The van der Waals surface area contributed by atoms with Gasteiger partial charge in [-0.2, -0.15) is 4.31 Å². The number of sulfonamides is 1. The SMILES string of the molecule is C[C@@H]1Oc2ccc(S(=O)(=O)N3CCC[C@]4(CC=CNC4=O)C3)cc2NC1=O. The van der Waals surface area contributed by atoms with E-state index < -0.39 is 21.5 Å². The summed E-state index contributed by atoms with van der Waals surface area (Å²) < 4.78 is 33.2. The Balaban J connectivity index is 1.64. The fourth-order valence-corrected chi connectivity index (χ4v) is 5.40. The summed E-state index contributed by atoms with van der Waals surface area (Å²) in [6, 6.07) is 4.44. The number of nitrogens with one attached hydrogen (secondary N) is 2. The van der Waals surface area contributed by atoms with Crippen molar-refractivity contribution < 1.29 is 22.7 Å². The third-order valence-corrected chi connectivity index (χ3v) is 7.23. The maximum absolute atomic E-state index is 13.2. The van der Waals surface area contributed by atoms with Crippen molar-refractivity contribution in [1.29, 1.82) is 0 Å². The van der Waals surface area contributed by atoms with Crippen molar-refractivity contribution >= 4 is 27.5 Å². The number of fused-ring (bicyclic) bond motifs is 1. The molecule has 0 radical (unpaired) electrons. The van der Waals surface area contributed by atoms with Crippen molar-refractivity contribution in [2.24, 2.45) is 5.41 Å². The van der Waals surface area contributed by atoms with E-state index in [0.717, 1.165) is 0 Å². The highest BCUT2D eigenvalue weighted by Gasteiger charge is 2.45. The summed E-state index contributed by atoms with van der Waals surface area (Å²) in [6.45, 7) is 2.13. The molecule has 1 aromatic rings. The molecule has 2 N–H and O–H groups in total. The minimum absolute atomic E-state index is 0.0727. The average molecular weight is 391 g/mol. The van der Waals surface area contributed by atoms with Crippen molar-refractivity contribution in [3.05, 3.63) is 30.5 Å². The Morgan fingerprint density at radius 3 is 2.89 bits per heavy atom. The maximum atomic E-state index is 13.2. The van der Waals surface area contributed by atoms with Gasteiger partial charge in [0.1, 0.15) is 5.75 Å². The number of hydrogen-bond acceptors (Lipinski definition) is 5. The highest BCUT2D eigenvalue weighted by atomic mass is 32.2. The third-order valence-electron chi connectivity index (χ3n) is 5.38. The van der Waals surface area contributed by atoms with E-state index in [0.29, 0.717) is 37.2 Å².